The number of rotatable bonds is 3. The van der Waals surface area contributed by atoms with Crippen molar-refractivity contribution >= 4 is 15.7 Å². The van der Waals surface area contributed by atoms with E-state index in [4.69, 9.17) is 0 Å². The highest BCUT2D eigenvalue weighted by Crippen LogP contribution is 2.32. The molecule has 122 valence electrons. The number of hydrogen-bond donors (Lipinski definition) is 1. The second kappa shape index (κ2) is 6.28. The smallest absolute Gasteiger partial charge is 0.353 e. The van der Waals surface area contributed by atoms with E-state index in [1.54, 1.807) is 0 Å². The van der Waals surface area contributed by atoms with E-state index in [9.17, 15) is 26.4 Å². The molecule has 1 heterocycles. The molecule has 0 bridgehead atoms. The lowest BCUT2D eigenvalue weighted by atomic mass is 10.0. The number of hydrogen-bond acceptors (Lipinski definition) is 3. The molecule has 1 N–H and O–H groups in total. The summed E-state index contributed by atoms with van der Waals surface area (Å²) < 4.78 is 61.1. The molecule has 0 saturated carbocycles. The Kier molecular flexibility index (Phi) is 4.79. The molecule has 0 unspecified atom stereocenters. The average Bonchev–Trinajstić information content (AvgIpc) is 2.40. The Morgan fingerprint density at radius 1 is 1.18 bits per heavy atom. The van der Waals surface area contributed by atoms with E-state index >= 15 is 0 Å². The van der Waals surface area contributed by atoms with Crippen LogP contribution in [0.2, 0.25) is 0 Å². The molecule has 1 fully saturated rings. The molecule has 2 rings (SSSR count). The van der Waals surface area contributed by atoms with Crippen LogP contribution in [0, 0.1) is 0 Å². The van der Waals surface area contributed by atoms with Crippen molar-refractivity contribution in [2.45, 2.75) is 31.5 Å². The monoisotopic (exact) mass is 335 g/mol. The second-order valence-corrected chi connectivity index (χ2v) is 7.63. The summed E-state index contributed by atoms with van der Waals surface area (Å²) in [6.07, 6.45) is -4.28. The Labute approximate surface area is 126 Å². The maximum absolute atomic E-state index is 12.8. The van der Waals surface area contributed by atoms with Gasteiger partial charge in [0.05, 0.1) is 23.5 Å². The molecular weight excluding hydrogens is 319 g/mol. The van der Waals surface area contributed by atoms with Crippen molar-refractivity contribution in [3.8, 4) is 0 Å². The molecule has 22 heavy (non-hydrogen) atoms. The molecule has 1 aromatic carbocycles. The van der Waals surface area contributed by atoms with E-state index in [1.165, 1.54) is 18.2 Å². The van der Waals surface area contributed by atoms with Crippen LogP contribution >= 0.6 is 0 Å². The molecule has 0 spiro atoms. The Morgan fingerprint density at radius 3 is 2.36 bits per heavy atom. The first kappa shape index (κ1) is 16.8. The standard InChI is InChI=1S/C14H16F3NO3S/c15-14(16,17)12-4-2-1-3-10(12)9-13(19)18-11-5-7-22(20,21)8-6-11/h1-4,11H,5-9H2,(H,18,19). The van der Waals surface area contributed by atoms with Crippen molar-refractivity contribution in [2.75, 3.05) is 11.5 Å². The van der Waals surface area contributed by atoms with Crippen LogP contribution in [0.15, 0.2) is 24.3 Å². The van der Waals surface area contributed by atoms with E-state index in [2.05, 4.69) is 5.32 Å². The van der Waals surface area contributed by atoms with Crippen LogP contribution in [0.1, 0.15) is 24.0 Å². The van der Waals surface area contributed by atoms with Gasteiger partial charge in [-0.25, -0.2) is 8.42 Å². The Hall–Kier alpha value is -1.57. The Morgan fingerprint density at radius 2 is 1.77 bits per heavy atom. The van der Waals surface area contributed by atoms with Gasteiger partial charge in [-0.05, 0) is 24.5 Å². The molecule has 0 aliphatic carbocycles. The SMILES string of the molecule is O=C(Cc1ccccc1C(F)(F)F)NC1CCS(=O)(=O)CC1. The molecule has 1 aliphatic heterocycles. The molecule has 0 aromatic heterocycles. The number of carbonyl (C=O) groups excluding carboxylic acids is 1. The van der Waals surface area contributed by atoms with Gasteiger partial charge in [0.25, 0.3) is 0 Å². The minimum atomic E-state index is -4.50. The highest BCUT2D eigenvalue weighted by Gasteiger charge is 2.33. The van der Waals surface area contributed by atoms with Gasteiger partial charge in [0.2, 0.25) is 5.91 Å². The van der Waals surface area contributed by atoms with Crippen LogP contribution in [-0.2, 0) is 27.2 Å². The molecular formula is C14H16F3NO3S. The van der Waals surface area contributed by atoms with Crippen molar-refractivity contribution in [1.29, 1.82) is 0 Å². The number of carbonyl (C=O) groups is 1. The minimum Gasteiger partial charge on any atom is -0.353 e. The predicted octanol–water partition coefficient (Wildman–Crippen LogP) is 1.94. The van der Waals surface area contributed by atoms with Gasteiger partial charge in [-0.15, -0.1) is 0 Å². The minimum absolute atomic E-state index is 0.00289. The first-order chi connectivity index (χ1) is 10.2. The number of nitrogens with one attached hydrogen (secondary N) is 1. The van der Waals surface area contributed by atoms with E-state index in [1.807, 2.05) is 0 Å². The number of alkyl halides is 3. The van der Waals surface area contributed by atoms with Crippen molar-refractivity contribution < 1.29 is 26.4 Å². The zero-order chi connectivity index (χ0) is 16.4. The van der Waals surface area contributed by atoms with Gasteiger partial charge in [0, 0.05) is 6.04 Å². The summed E-state index contributed by atoms with van der Waals surface area (Å²) in [7, 11) is -3.04. The maximum atomic E-state index is 12.8. The Balaban J connectivity index is 1.99. The van der Waals surface area contributed by atoms with Crippen LogP contribution in [0.3, 0.4) is 0 Å². The van der Waals surface area contributed by atoms with E-state index < -0.39 is 27.5 Å². The third-order valence-electron chi connectivity index (χ3n) is 3.59. The fraction of sp³-hybridized carbons (Fsp3) is 0.500. The highest BCUT2D eigenvalue weighted by molar-refractivity contribution is 7.91. The highest BCUT2D eigenvalue weighted by atomic mass is 32.2. The van der Waals surface area contributed by atoms with Gasteiger partial charge in [-0.2, -0.15) is 13.2 Å². The summed E-state index contributed by atoms with van der Waals surface area (Å²) in [5, 5.41) is 2.61. The zero-order valence-corrected chi connectivity index (χ0v) is 12.5. The van der Waals surface area contributed by atoms with Gasteiger partial charge in [-0.3, -0.25) is 4.79 Å². The molecule has 1 saturated heterocycles. The van der Waals surface area contributed by atoms with Gasteiger partial charge in [-0.1, -0.05) is 18.2 Å². The third kappa shape index (κ3) is 4.46. The molecule has 1 aliphatic rings. The summed E-state index contributed by atoms with van der Waals surface area (Å²) in [6.45, 7) is 0. The third-order valence-corrected chi connectivity index (χ3v) is 5.31. The number of halogens is 3. The van der Waals surface area contributed by atoms with Crippen molar-refractivity contribution in [3.05, 3.63) is 35.4 Å². The largest absolute Gasteiger partial charge is 0.416 e. The summed E-state index contributed by atoms with van der Waals surface area (Å²) in [4.78, 5) is 11.9. The fourth-order valence-electron chi connectivity index (χ4n) is 2.44. The van der Waals surface area contributed by atoms with Crippen molar-refractivity contribution in [1.82, 2.24) is 5.32 Å². The average molecular weight is 335 g/mol. The lowest BCUT2D eigenvalue weighted by Gasteiger charge is -2.23. The van der Waals surface area contributed by atoms with E-state index in [0.29, 0.717) is 12.8 Å². The lowest BCUT2D eigenvalue weighted by molar-refractivity contribution is -0.138. The first-order valence-corrected chi connectivity index (χ1v) is 8.64. The van der Waals surface area contributed by atoms with E-state index in [-0.39, 0.29) is 29.5 Å². The molecule has 1 aromatic rings. The molecule has 4 nitrogen and oxygen atoms in total. The fourth-order valence-corrected chi connectivity index (χ4v) is 3.93. The van der Waals surface area contributed by atoms with Crippen molar-refractivity contribution in [2.24, 2.45) is 0 Å². The van der Waals surface area contributed by atoms with Gasteiger partial charge in [0.15, 0.2) is 0 Å². The summed E-state index contributed by atoms with van der Waals surface area (Å²) >= 11 is 0. The van der Waals surface area contributed by atoms with Gasteiger partial charge >= 0.3 is 6.18 Å². The number of benzene rings is 1. The van der Waals surface area contributed by atoms with Crippen LogP contribution in [0.5, 0.6) is 0 Å². The van der Waals surface area contributed by atoms with Crippen LogP contribution in [0.25, 0.3) is 0 Å². The zero-order valence-electron chi connectivity index (χ0n) is 11.7. The normalized spacial score (nSPS) is 18.9. The first-order valence-electron chi connectivity index (χ1n) is 6.82. The second-order valence-electron chi connectivity index (χ2n) is 5.33. The molecule has 8 heteroatoms. The summed E-state index contributed by atoms with van der Waals surface area (Å²) in [6, 6.07) is 4.64. The van der Waals surface area contributed by atoms with Crippen LogP contribution in [-0.4, -0.2) is 31.9 Å². The maximum Gasteiger partial charge on any atom is 0.416 e. The van der Waals surface area contributed by atoms with Gasteiger partial charge in [0.1, 0.15) is 9.84 Å². The molecule has 0 atom stereocenters. The number of amides is 1. The summed E-state index contributed by atoms with van der Waals surface area (Å²) in [5.41, 5.74) is -0.910. The van der Waals surface area contributed by atoms with Gasteiger partial charge < -0.3 is 5.32 Å². The molecule has 1 amide bonds. The summed E-state index contributed by atoms with van der Waals surface area (Å²) in [5.74, 6) is -0.533. The van der Waals surface area contributed by atoms with Crippen molar-refractivity contribution in [3.63, 3.8) is 0 Å². The van der Waals surface area contributed by atoms with Crippen LogP contribution < -0.4 is 5.32 Å². The van der Waals surface area contributed by atoms with Crippen LogP contribution in [0.4, 0.5) is 13.2 Å². The number of sulfone groups is 1. The van der Waals surface area contributed by atoms with E-state index in [0.717, 1.165) is 6.07 Å². The quantitative estimate of drug-likeness (QED) is 0.918. The predicted molar refractivity (Wildman–Crippen MR) is 75.0 cm³/mol. The molecule has 0 radical (unpaired) electrons. The Bertz CT molecular complexity index is 642. The topological polar surface area (TPSA) is 63.2 Å². The lowest BCUT2D eigenvalue weighted by Crippen LogP contribution is -2.41.